The van der Waals surface area contributed by atoms with Crippen LogP contribution in [0.25, 0.3) is 11.0 Å². The quantitative estimate of drug-likeness (QED) is 0.661. The molecule has 25 heavy (non-hydrogen) atoms. The largest absolute Gasteiger partial charge is 0.381 e. The minimum absolute atomic E-state index is 0. The van der Waals surface area contributed by atoms with Crippen molar-refractivity contribution in [3.8, 4) is 0 Å². The molecule has 0 aliphatic carbocycles. The molecule has 4 N–H and O–H groups in total. The van der Waals surface area contributed by atoms with E-state index in [1.54, 1.807) is 0 Å². The summed E-state index contributed by atoms with van der Waals surface area (Å²) in [5.74, 6) is 1.13. The lowest BCUT2D eigenvalue weighted by Crippen LogP contribution is -2.47. The number of imidazole rings is 1. The number of amides is 1. The lowest BCUT2D eigenvalue weighted by atomic mass is 9.92. The van der Waals surface area contributed by atoms with Gasteiger partial charge in [0.1, 0.15) is 5.82 Å². The predicted octanol–water partition coefficient (Wildman–Crippen LogP) is 2.21. The van der Waals surface area contributed by atoms with Crippen molar-refractivity contribution in [2.24, 2.45) is 11.7 Å². The van der Waals surface area contributed by atoms with Crippen molar-refractivity contribution in [3.05, 3.63) is 30.1 Å². The number of halogens is 2. The van der Waals surface area contributed by atoms with Crippen molar-refractivity contribution < 1.29 is 9.53 Å². The van der Waals surface area contributed by atoms with Crippen LogP contribution in [0.3, 0.4) is 0 Å². The molecule has 140 valence electrons. The number of carbonyl (C=O) groups is 1. The molecule has 0 spiro atoms. The predicted molar refractivity (Wildman–Crippen MR) is 103 cm³/mol. The molecule has 1 aliphatic rings. The third-order valence-corrected chi connectivity index (χ3v) is 4.40. The van der Waals surface area contributed by atoms with E-state index in [4.69, 9.17) is 10.5 Å². The Morgan fingerprint density at radius 3 is 2.76 bits per heavy atom. The van der Waals surface area contributed by atoms with Gasteiger partial charge in [-0.3, -0.25) is 4.79 Å². The molecule has 1 aromatic carbocycles. The molecule has 1 aliphatic heterocycles. The second kappa shape index (κ2) is 10.6. The zero-order valence-electron chi connectivity index (χ0n) is 14.1. The average molecular weight is 389 g/mol. The average Bonchev–Trinajstić information content (AvgIpc) is 3.01. The van der Waals surface area contributed by atoms with Crippen molar-refractivity contribution in [3.63, 3.8) is 0 Å². The molecular weight excluding hydrogens is 363 g/mol. The van der Waals surface area contributed by atoms with E-state index in [-0.39, 0.29) is 36.6 Å². The zero-order chi connectivity index (χ0) is 16.1. The lowest BCUT2D eigenvalue weighted by Gasteiger charge is -2.26. The first kappa shape index (κ1) is 21.7. The maximum atomic E-state index is 12.1. The van der Waals surface area contributed by atoms with Crippen LogP contribution in [-0.4, -0.2) is 41.7 Å². The van der Waals surface area contributed by atoms with Gasteiger partial charge in [-0.05, 0) is 37.3 Å². The first-order valence-corrected chi connectivity index (χ1v) is 8.28. The van der Waals surface area contributed by atoms with Crippen LogP contribution in [0.15, 0.2) is 24.3 Å². The summed E-state index contributed by atoms with van der Waals surface area (Å²) in [6, 6.07) is 7.54. The van der Waals surface area contributed by atoms with Gasteiger partial charge < -0.3 is 20.8 Å². The second-order valence-corrected chi connectivity index (χ2v) is 6.07. The number of nitrogens with two attached hydrogens (primary N) is 1. The van der Waals surface area contributed by atoms with E-state index in [0.717, 1.165) is 42.5 Å². The van der Waals surface area contributed by atoms with E-state index < -0.39 is 6.04 Å². The Bertz CT molecular complexity index is 626. The van der Waals surface area contributed by atoms with E-state index in [1.165, 1.54) is 0 Å². The molecule has 6 nitrogen and oxygen atoms in total. The van der Waals surface area contributed by atoms with E-state index in [1.807, 2.05) is 24.3 Å². The molecular formula is C17H26Cl2N4O2. The van der Waals surface area contributed by atoms with Crippen molar-refractivity contribution >= 4 is 41.8 Å². The number of fused-ring (bicyclic) bond motifs is 1. The zero-order valence-corrected chi connectivity index (χ0v) is 15.7. The Kier molecular flexibility index (Phi) is 9.21. The van der Waals surface area contributed by atoms with E-state index >= 15 is 0 Å². The maximum absolute atomic E-state index is 12.1. The van der Waals surface area contributed by atoms with Gasteiger partial charge in [-0.25, -0.2) is 4.98 Å². The topological polar surface area (TPSA) is 93.0 Å². The number of nitrogens with one attached hydrogen (secondary N) is 2. The molecule has 0 bridgehead atoms. The highest BCUT2D eigenvalue weighted by Crippen LogP contribution is 2.17. The van der Waals surface area contributed by atoms with Gasteiger partial charge in [0.2, 0.25) is 5.91 Å². The number of nitrogens with zero attached hydrogens (tertiary/aromatic N) is 1. The summed E-state index contributed by atoms with van der Waals surface area (Å²) in [6.07, 6.45) is 3.38. The summed E-state index contributed by atoms with van der Waals surface area (Å²) in [6.45, 7) is 2.03. The van der Waals surface area contributed by atoms with Gasteiger partial charge in [0, 0.05) is 26.2 Å². The number of aryl methyl sites for hydroxylation is 1. The normalized spacial score (nSPS) is 15.9. The third kappa shape index (κ3) is 5.85. The summed E-state index contributed by atoms with van der Waals surface area (Å²) in [5.41, 5.74) is 8.08. The van der Waals surface area contributed by atoms with Crippen molar-refractivity contribution in [2.45, 2.75) is 31.7 Å². The molecule has 1 amide bonds. The van der Waals surface area contributed by atoms with E-state index in [9.17, 15) is 4.79 Å². The van der Waals surface area contributed by atoms with Crippen molar-refractivity contribution in [2.75, 3.05) is 19.8 Å². The van der Waals surface area contributed by atoms with Crippen LogP contribution in [0.5, 0.6) is 0 Å². The minimum Gasteiger partial charge on any atom is -0.381 e. The summed E-state index contributed by atoms with van der Waals surface area (Å²) >= 11 is 0. The Morgan fingerprint density at radius 1 is 1.32 bits per heavy atom. The molecule has 2 heterocycles. The fourth-order valence-electron chi connectivity index (χ4n) is 3.00. The summed E-state index contributed by atoms with van der Waals surface area (Å²) in [4.78, 5) is 19.9. The SMILES string of the molecule is Cl.Cl.NC(C(=O)NCCCc1nc2ccccc2[nH]1)C1CCOCC1. The van der Waals surface area contributed by atoms with Gasteiger partial charge in [0.25, 0.3) is 0 Å². The number of para-hydroxylation sites is 2. The Hall–Kier alpha value is -1.34. The monoisotopic (exact) mass is 388 g/mol. The van der Waals surface area contributed by atoms with Crippen molar-refractivity contribution in [1.82, 2.24) is 15.3 Å². The molecule has 0 radical (unpaired) electrons. The number of carbonyl (C=O) groups excluding carboxylic acids is 1. The van der Waals surface area contributed by atoms with Crippen molar-refractivity contribution in [1.29, 1.82) is 0 Å². The molecule has 1 aromatic heterocycles. The van der Waals surface area contributed by atoms with E-state index in [0.29, 0.717) is 19.8 Å². The van der Waals surface area contributed by atoms with Gasteiger partial charge in [-0.1, -0.05) is 12.1 Å². The molecule has 8 heteroatoms. The van der Waals surface area contributed by atoms with E-state index in [2.05, 4.69) is 15.3 Å². The molecule has 1 saturated heterocycles. The summed E-state index contributed by atoms with van der Waals surface area (Å²) in [7, 11) is 0. The van der Waals surface area contributed by atoms with Crippen LogP contribution < -0.4 is 11.1 Å². The van der Waals surface area contributed by atoms with Gasteiger partial charge >= 0.3 is 0 Å². The molecule has 3 rings (SSSR count). The molecule has 0 saturated carbocycles. The van der Waals surface area contributed by atoms with Gasteiger partial charge in [0.05, 0.1) is 17.1 Å². The minimum atomic E-state index is -0.426. The van der Waals surface area contributed by atoms with Crippen LogP contribution in [0.2, 0.25) is 0 Å². The molecule has 1 unspecified atom stereocenters. The fraction of sp³-hybridized carbons (Fsp3) is 0.529. The lowest BCUT2D eigenvalue weighted by molar-refractivity contribution is -0.124. The number of aromatic nitrogens is 2. The Labute approximate surface area is 160 Å². The Morgan fingerprint density at radius 2 is 2.04 bits per heavy atom. The van der Waals surface area contributed by atoms with Crippen LogP contribution in [0.4, 0.5) is 0 Å². The van der Waals surface area contributed by atoms with Gasteiger partial charge in [-0.15, -0.1) is 24.8 Å². The van der Waals surface area contributed by atoms with Gasteiger partial charge in [0.15, 0.2) is 0 Å². The highest BCUT2D eigenvalue weighted by molar-refractivity contribution is 5.85. The highest BCUT2D eigenvalue weighted by Gasteiger charge is 2.26. The fourth-order valence-corrected chi connectivity index (χ4v) is 3.00. The molecule has 1 fully saturated rings. The van der Waals surface area contributed by atoms with Gasteiger partial charge in [-0.2, -0.15) is 0 Å². The molecule has 1 atom stereocenters. The number of benzene rings is 1. The van der Waals surface area contributed by atoms with Crippen LogP contribution in [0, 0.1) is 5.92 Å². The maximum Gasteiger partial charge on any atom is 0.237 e. The second-order valence-electron chi connectivity index (χ2n) is 6.07. The molecule has 2 aromatic rings. The highest BCUT2D eigenvalue weighted by atomic mass is 35.5. The Balaban J connectivity index is 0.00000156. The number of hydrogen-bond acceptors (Lipinski definition) is 4. The summed E-state index contributed by atoms with van der Waals surface area (Å²) < 4.78 is 5.30. The number of hydrogen-bond donors (Lipinski definition) is 3. The first-order chi connectivity index (χ1) is 11.2. The van der Waals surface area contributed by atoms with Crippen LogP contribution in [0.1, 0.15) is 25.1 Å². The standard InChI is InChI=1S/C17H24N4O2.2ClH/c18-16(12-7-10-23-11-8-12)17(22)19-9-3-6-15-20-13-4-1-2-5-14(13)21-15;;/h1-2,4-5,12,16H,3,6-11,18H2,(H,19,22)(H,20,21);2*1H. The number of rotatable bonds is 6. The summed E-state index contributed by atoms with van der Waals surface area (Å²) in [5, 5.41) is 2.94. The van der Waals surface area contributed by atoms with Crippen LogP contribution in [-0.2, 0) is 16.0 Å². The smallest absolute Gasteiger partial charge is 0.237 e. The number of ether oxygens (including phenoxy) is 1. The third-order valence-electron chi connectivity index (χ3n) is 4.40. The first-order valence-electron chi connectivity index (χ1n) is 8.28. The number of aromatic amines is 1. The number of H-pyrrole nitrogens is 1. The van der Waals surface area contributed by atoms with Crippen LogP contribution >= 0.6 is 24.8 Å².